The highest BCUT2D eigenvalue weighted by atomic mass is 79.9. The Kier molecular flexibility index (Phi) is 3.17. The topological polar surface area (TPSA) is 30.5 Å². The van der Waals surface area contributed by atoms with Crippen molar-refractivity contribution in [3.05, 3.63) is 22.2 Å². The molecule has 15 heavy (non-hydrogen) atoms. The fourth-order valence-electron chi connectivity index (χ4n) is 1.74. The number of rotatable bonds is 3. The molecule has 0 aromatic heterocycles. The second-order valence-corrected chi connectivity index (χ2v) is 4.43. The Hall–Kier alpha value is -0.740. The van der Waals surface area contributed by atoms with E-state index >= 15 is 0 Å². The summed E-state index contributed by atoms with van der Waals surface area (Å²) in [5.41, 5.74) is 1.23. The van der Waals surface area contributed by atoms with E-state index in [0.29, 0.717) is 5.92 Å². The lowest BCUT2D eigenvalue weighted by atomic mass is 9.93. The van der Waals surface area contributed by atoms with Crippen LogP contribution in [0.15, 0.2) is 16.6 Å². The van der Waals surface area contributed by atoms with Crippen LogP contribution >= 0.6 is 15.9 Å². The van der Waals surface area contributed by atoms with Crippen LogP contribution in [0, 0.1) is 0 Å². The van der Waals surface area contributed by atoms with Gasteiger partial charge in [-0.1, -0.05) is 15.9 Å². The number of halogens is 1. The van der Waals surface area contributed by atoms with E-state index in [2.05, 4.69) is 21.2 Å². The van der Waals surface area contributed by atoms with Gasteiger partial charge in [-0.15, -0.1) is 0 Å². The van der Waals surface area contributed by atoms with E-state index < -0.39 is 0 Å². The normalized spacial score (nSPS) is 15.9. The predicted octanol–water partition coefficient (Wildman–Crippen LogP) is 2.15. The van der Waals surface area contributed by atoms with Gasteiger partial charge in [-0.25, -0.2) is 0 Å². The number of methoxy groups -OCH3 is 2. The van der Waals surface area contributed by atoms with Crippen LogP contribution in [0.2, 0.25) is 0 Å². The minimum Gasteiger partial charge on any atom is -0.497 e. The van der Waals surface area contributed by atoms with E-state index in [0.717, 1.165) is 29.1 Å². The van der Waals surface area contributed by atoms with Crippen molar-refractivity contribution in [3.63, 3.8) is 0 Å². The number of benzene rings is 1. The average molecular weight is 272 g/mol. The molecule has 0 spiro atoms. The standard InChI is InChI=1S/C11H14BrNO2/c1-14-8-3-9(12)11(7-5-13-6-7)10(4-8)15-2/h3-4,7,13H,5-6H2,1-2H3. The van der Waals surface area contributed by atoms with Crippen molar-refractivity contribution < 1.29 is 9.47 Å². The molecular weight excluding hydrogens is 258 g/mol. The van der Waals surface area contributed by atoms with E-state index in [-0.39, 0.29) is 0 Å². The highest BCUT2D eigenvalue weighted by Gasteiger charge is 2.25. The zero-order valence-corrected chi connectivity index (χ0v) is 10.4. The van der Waals surface area contributed by atoms with Crippen LogP contribution in [-0.2, 0) is 0 Å². The molecule has 0 unspecified atom stereocenters. The Morgan fingerprint density at radius 3 is 2.47 bits per heavy atom. The van der Waals surface area contributed by atoms with E-state index in [1.807, 2.05) is 12.1 Å². The second kappa shape index (κ2) is 4.41. The first kappa shape index (κ1) is 10.8. The van der Waals surface area contributed by atoms with Gasteiger partial charge < -0.3 is 14.8 Å². The molecule has 0 radical (unpaired) electrons. The maximum Gasteiger partial charge on any atom is 0.127 e. The van der Waals surface area contributed by atoms with Gasteiger partial charge >= 0.3 is 0 Å². The van der Waals surface area contributed by atoms with Crippen LogP contribution in [0.25, 0.3) is 0 Å². The third kappa shape index (κ3) is 1.96. The minimum absolute atomic E-state index is 0.542. The van der Waals surface area contributed by atoms with Gasteiger partial charge in [-0.05, 0) is 6.07 Å². The summed E-state index contributed by atoms with van der Waals surface area (Å²) in [5.74, 6) is 2.25. The molecule has 0 amide bonds. The number of hydrogen-bond acceptors (Lipinski definition) is 3. The molecule has 0 aliphatic carbocycles. The van der Waals surface area contributed by atoms with Crippen LogP contribution < -0.4 is 14.8 Å². The van der Waals surface area contributed by atoms with Gasteiger partial charge in [0.15, 0.2) is 0 Å². The highest BCUT2D eigenvalue weighted by Crippen LogP contribution is 2.38. The van der Waals surface area contributed by atoms with Crippen LogP contribution in [0.4, 0.5) is 0 Å². The van der Waals surface area contributed by atoms with E-state index in [4.69, 9.17) is 9.47 Å². The summed E-state index contributed by atoms with van der Waals surface area (Å²) in [6.07, 6.45) is 0. The molecule has 1 heterocycles. The lowest BCUT2D eigenvalue weighted by molar-refractivity contribution is 0.374. The molecule has 1 aliphatic heterocycles. The zero-order valence-electron chi connectivity index (χ0n) is 8.84. The largest absolute Gasteiger partial charge is 0.497 e. The minimum atomic E-state index is 0.542. The Morgan fingerprint density at radius 1 is 1.27 bits per heavy atom. The maximum absolute atomic E-state index is 5.39. The smallest absolute Gasteiger partial charge is 0.127 e. The summed E-state index contributed by atoms with van der Waals surface area (Å²) < 4.78 is 11.6. The van der Waals surface area contributed by atoms with Gasteiger partial charge in [0.2, 0.25) is 0 Å². The summed E-state index contributed by atoms with van der Waals surface area (Å²) in [5, 5.41) is 3.26. The van der Waals surface area contributed by atoms with Crippen molar-refractivity contribution in [2.75, 3.05) is 27.3 Å². The quantitative estimate of drug-likeness (QED) is 0.914. The van der Waals surface area contributed by atoms with Crippen molar-refractivity contribution >= 4 is 15.9 Å². The fraction of sp³-hybridized carbons (Fsp3) is 0.455. The summed E-state index contributed by atoms with van der Waals surface area (Å²) in [6.45, 7) is 2.03. The van der Waals surface area contributed by atoms with Gasteiger partial charge in [0.05, 0.1) is 14.2 Å². The van der Waals surface area contributed by atoms with E-state index in [9.17, 15) is 0 Å². The van der Waals surface area contributed by atoms with E-state index in [1.54, 1.807) is 14.2 Å². The molecule has 0 saturated carbocycles. The molecule has 1 aromatic carbocycles. The molecule has 1 fully saturated rings. The zero-order chi connectivity index (χ0) is 10.8. The van der Waals surface area contributed by atoms with Crippen LogP contribution in [-0.4, -0.2) is 27.3 Å². The first-order valence-electron chi connectivity index (χ1n) is 4.88. The second-order valence-electron chi connectivity index (χ2n) is 3.58. The lowest BCUT2D eigenvalue weighted by Gasteiger charge is -2.29. The molecule has 1 aliphatic rings. The number of hydrogen-bond donors (Lipinski definition) is 1. The molecule has 4 heteroatoms. The van der Waals surface area contributed by atoms with Gasteiger partial charge in [0, 0.05) is 35.1 Å². The fourth-order valence-corrected chi connectivity index (χ4v) is 2.49. The summed E-state index contributed by atoms with van der Waals surface area (Å²) in [6, 6.07) is 3.91. The summed E-state index contributed by atoms with van der Waals surface area (Å²) >= 11 is 3.57. The van der Waals surface area contributed by atoms with Crippen LogP contribution in [0.5, 0.6) is 11.5 Å². The third-order valence-electron chi connectivity index (χ3n) is 2.71. The van der Waals surface area contributed by atoms with Crippen LogP contribution in [0.1, 0.15) is 11.5 Å². The number of nitrogens with one attached hydrogen (secondary N) is 1. The van der Waals surface area contributed by atoms with Gasteiger partial charge in [-0.2, -0.15) is 0 Å². The van der Waals surface area contributed by atoms with Crippen molar-refractivity contribution in [2.45, 2.75) is 5.92 Å². The van der Waals surface area contributed by atoms with E-state index in [1.165, 1.54) is 5.56 Å². The van der Waals surface area contributed by atoms with Crippen LogP contribution in [0.3, 0.4) is 0 Å². The Labute approximate surface area is 97.9 Å². The molecule has 1 N–H and O–H groups in total. The molecule has 1 saturated heterocycles. The molecule has 82 valence electrons. The Morgan fingerprint density at radius 2 is 2.00 bits per heavy atom. The first-order chi connectivity index (χ1) is 7.26. The Bertz CT molecular complexity index is 364. The van der Waals surface area contributed by atoms with Crippen molar-refractivity contribution in [3.8, 4) is 11.5 Å². The first-order valence-corrected chi connectivity index (χ1v) is 5.67. The molecule has 0 bridgehead atoms. The van der Waals surface area contributed by atoms with Gasteiger partial charge in [0.25, 0.3) is 0 Å². The molecule has 0 atom stereocenters. The summed E-state index contributed by atoms with van der Waals surface area (Å²) in [7, 11) is 3.35. The van der Waals surface area contributed by atoms with Crippen molar-refractivity contribution in [1.82, 2.24) is 5.32 Å². The maximum atomic E-state index is 5.39. The van der Waals surface area contributed by atoms with Gasteiger partial charge in [-0.3, -0.25) is 0 Å². The summed E-state index contributed by atoms with van der Waals surface area (Å²) in [4.78, 5) is 0. The highest BCUT2D eigenvalue weighted by molar-refractivity contribution is 9.10. The Balaban J connectivity index is 2.41. The molecule has 1 aromatic rings. The van der Waals surface area contributed by atoms with Crippen molar-refractivity contribution in [2.24, 2.45) is 0 Å². The molecular formula is C11H14BrNO2. The lowest BCUT2D eigenvalue weighted by Crippen LogP contribution is -2.40. The monoisotopic (exact) mass is 271 g/mol. The number of ether oxygens (including phenoxy) is 2. The average Bonchev–Trinajstić information content (AvgIpc) is 2.17. The molecule has 3 nitrogen and oxygen atoms in total. The third-order valence-corrected chi connectivity index (χ3v) is 3.37. The predicted molar refractivity (Wildman–Crippen MR) is 62.9 cm³/mol. The molecule has 2 rings (SSSR count). The van der Waals surface area contributed by atoms with Crippen molar-refractivity contribution in [1.29, 1.82) is 0 Å². The van der Waals surface area contributed by atoms with Gasteiger partial charge in [0.1, 0.15) is 11.5 Å². The SMILES string of the molecule is COc1cc(Br)c(C2CNC2)c(OC)c1.